The monoisotopic (exact) mass is 387 g/mol. The molecule has 0 saturated carbocycles. The van der Waals surface area contributed by atoms with Crippen LogP contribution >= 0.6 is 0 Å². The van der Waals surface area contributed by atoms with Crippen LogP contribution in [0.1, 0.15) is 11.1 Å². The van der Waals surface area contributed by atoms with Gasteiger partial charge in [-0.05, 0) is 29.8 Å². The number of carbonyl (C=O) groups is 1. The Labute approximate surface area is 159 Å². The Morgan fingerprint density at radius 1 is 1.19 bits per heavy atom. The number of para-hydroxylation sites is 1. The molecule has 0 saturated heterocycles. The Morgan fingerprint density at radius 3 is 2.44 bits per heavy atom. The maximum atomic E-state index is 12.1. The fourth-order valence-electron chi connectivity index (χ4n) is 2.54. The highest BCUT2D eigenvalue weighted by molar-refractivity contribution is 7.92. The van der Waals surface area contributed by atoms with E-state index in [9.17, 15) is 18.5 Å². The first-order valence-corrected chi connectivity index (χ1v) is 10.1. The number of amides is 1. The normalized spacial score (nSPS) is 10.7. The predicted octanol–water partition coefficient (Wildman–Crippen LogP) is 1.69. The lowest BCUT2D eigenvalue weighted by Crippen LogP contribution is -2.39. The van der Waals surface area contributed by atoms with Gasteiger partial charge in [0.25, 0.3) is 0 Å². The van der Waals surface area contributed by atoms with Crippen LogP contribution in [-0.4, -0.2) is 40.8 Å². The molecule has 0 bridgehead atoms. The summed E-state index contributed by atoms with van der Waals surface area (Å²) in [6, 6.07) is 15.6. The average molecular weight is 387 g/mol. The third-order valence-electron chi connectivity index (χ3n) is 3.85. The molecule has 27 heavy (non-hydrogen) atoms. The van der Waals surface area contributed by atoms with Crippen LogP contribution in [0.25, 0.3) is 0 Å². The lowest BCUT2D eigenvalue weighted by atomic mass is 10.1. The first-order chi connectivity index (χ1) is 12.8. The summed E-state index contributed by atoms with van der Waals surface area (Å²) >= 11 is 0. The number of hydrogen-bond donors (Lipinski definition) is 1. The quantitative estimate of drug-likeness (QED) is 0.743. The summed E-state index contributed by atoms with van der Waals surface area (Å²) in [5.74, 6) is 0.487. The van der Waals surface area contributed by atoms with Crippen molar-refractivity contribution in [1.29, 1.82) is 5.26 Å². The zero-order valence-corrected chi connectivity index (χ0v) is 16.0. The summed E-state index contributed by atoms with van der Waals surface area (Å²) in [5, 5.41) is 11.9. The van der Waals surface area contributed by atoms with Crippen molar-refractivity contribution in [1.82, 2.24) is 5.32 Å². The molecule has 1 N–H and O–H groups in total. The van der Waals surface area contributed by atoms with Crippen molar-refractivity contribution in [2.75, 3.05) is 30.8 Å². The lowest BCUT2D eigenvalue weighted by molar-refractivity contribution is -0.120. The minimum absolute atomic E-state index is 0.0336. The summed E-state index contributed by atoms with van der Waals surface area (Å²) < 4.78 is 30.4. The summed E-state index contributed by atoms with van der Waals surface area (Å²) in [7, 11) is -2.03. The van der Waals surface area contributed by atoms with E-state index in [0.717, 1.165) is 16.1 Å². The number of rotatable bonds is 8. The van der Waals surface area contributed by atoms with E-state index in [1.807, 2.05) is 6.07 Å². The molecular weight excluding hydrogens is 366 g/mol. The molecule has 0 radical (unpaired) electrons. The van der Waals surface area contributed by atoms with Gasteiger partial charge in [0, 0.05) is 6.54 Å². The number of nitrogens with one attached hydrogen (secondary N) is 1. The van der Waals surface area contributed by atoms with E-state index in [2.05, 4.69) is 5.32 Å². The van der Waals surface area contributed by atoms with E-state index in [-0.39, 0.29) is 31.0 Å². The second kappa shape index (κ2) is 9.05. The first kappa shape index (κ1) is 20.3. The fourth-order valence-corrected chi connectivity index (χ4v) is 3.48. The minimum Gasteiger partial charge on any atom is -0.497 e. The van der Waals surface area contributed by atoms with Gasteiger partial charge in [0.1, 0.15) is 11.8 Å². The second-order valence-corrected chi connectivity index (χ2v) is 7.75. The second-order valence-electron chi connectivity index (χ2n) is 5.84. The molecule has 2 rings (SSSR count). The van der Waals surface area contributed by atoms with E-state index >= 15 is 0 Å². The van der Waals surface area contributed by atoms with Gasteiger partial charge in [-0.1, -0.05) is 24.3 Å². The first-order valence-electron chi connectivity index (χ1n) is 8.21. The zero-order valence-electron chi connectivity index (χ0n) is 15.2. The molecule has 0 aliphatic rings. The third kappa shape index (κ3) is 5.72. The highest BCUT2D eigenvalue weighted by Crippen LogP contribution is 2.21. The molecule has 0 aromatic heterocycles. The number of methoxy groups -OCH3 is 1. The van der Waals surface area contributed by atoms with E-state index in [4.69, 9.17) is 4.74 Å². The van der Waals surface area contributed by atoms with Gasteiger partial charge in [-0.15, -0.1) is 0 Å². The van der Waals surface area contributed by atoms with Crippen LogP contribution in [-0.2, 0) is 21.2 Å². The van der Waals surface area contributed by atoms with Crippen molar-refractivity contribution in [2.45, 2.75) is 6.42 Å². The molecule has 7 nitrogen and oxygen atoms in total. The molecule has 0 atom stereocenters. The number of nitrogens with zero attached hydrogens (tertiary/aromatic N) is 2. The SMILES string of the molecule is COc1ccc(CC(=O)NCCN(c2ccccc2C#N)S(C)(=O)=O)cc1. The molecule has 8 heteroatoms. The van der Waals surface area contributed by atoms with E-state index < -0.39 is 10.0 Å². The summed E-state index contributed by atoms with van der Waals surface area (Å²) in [5.41, 5.74) is 1.38. The van der Waals surface area contributed by atoms with Gasteiger partial charge in [-0.3, -0.25) is 9.10 Å². The number of carbonyl (C=O) groups excluding carboxylic acids is 1. The molecule has 0 fully saturated rings. The Hall–Kier alpha value is -3.05. The van der Waals surface area contributed by atoms with Crippen molar-refractivity contribution in [3.63, 3.8) is 0 Å². The molecular formula is C19H21N3O4S. The van der Waals surface area contributed by atoms with E-state index in [1.54, 1.807) is 55.6 Å². The maximum Gasteiger partial charge on any atom is 0.232 e. The van der Waals surface area contributed by atoms with Gasteiger partial charge in [-0.2, -0.15) is 5.26 Å². The van der Waals surface area contributed by atoms with Crippen molar-refractivity contribution < 1.29 is 17.9 Å². The highest BCUT2D eigenvalue weighted by atomic mass is 32.2. The Balaban J connectivity index is 1.99. The zero-order chi connectivity index (χ0) is 19.9. The largest absolute Gasteiger partial charge is 0.497 e. The molecule has 0 spiro atoms. The molecule has 1 amide bonds. The van der Waals surface area contributed by atoms with Gasteiger partial charge in [0.2, 0.25) is 15.9 Å². The van der Waals surface area contributed by atoms with Crippen molar-refractivity contribution >= 4 is 21.6 Å². The summed E-state index contributed by atoms with van der Waals surface area (Å²) in [6.07, 6.45) is 1.25. The number of benzene rings is 2. The summed E-state index contributed by atoms with van der Waals surface area (Å²) in [6.45, 7) is 0.160. The predicted molar refractivity (Wildman–Crippen MR) is 103 cm³/mol. The topological polar surface area (TPSA) is 99.5 Å². The van der Waals surface area contributed by atoms with Crippen LogP contribution in [0.4, 0.5) is 5.69 Å². The molecule has 0 unspecified atom stereocenters. The van der Waals surface area contributed by atoms with Crippen LogP contribution in [0.15, 0.2) is 48.5 Å². The standard InChI is InChI=1S/C19H21N3O4S/c1-26-17-9-7-15(8-10-17)13-19(23)21-11-12-22(27(2,24)25)18-6-4-3-5-16(18)14-20/h3-10H,11-13H2,1-2H3,(H,21,23). The van der Waals surface area contributed by atoms with E-state index in [0.29, 0.717) is 11.4 Å². The molecule has 2 aromatic carbocycles. The maximum absolute atomic E-state index is 12.1. The van der Waals surface area contributed by atoms with Crippen LogP contribution in [0.3, 0.4) is 0 Å². The van der Waals surface area contributed by atoms with Crippen molar-refractivity contribution in [3.8, 4) is 11.8 Å². The lowest BCUT2D eigenvalue weighted by Gasteiger charge is -2.23. The number of nitriles is 1. The van der Waals surface area contributed by atoms with E-state index in [1.165, 1.54) is 0 Å². The number of ether oxygens (including phenoxy) is 1. The van der Waals surface area contributed by atoms with Crippen LogP contribution in [0, 0.1) is 11.3 Å². The minimum atomic E-state index is -3.60. The van der Waals surface area contributed by atoms with Gasteiger partial charge >= 0.3 is 0 Å². The van der Waals surface area contributed by atoms with Crippen LogP contribution in [0.5, 0.6) is 5.75 Å². The fraction of sp³-hybridized carbons (Fsp3) is 0.263. The summed E-state index contributed by atoms with van der Waals surface area (Å²) in [4.78, 5) is 12.1. The van der Waals surface area contributed by atoms with Crippen molar-refractivity contribution in [3.05, 3.63) is 59.7 Å². The highest BCUT2D eigenvalue weighted by Gasteiger charge is 2.20. The Kier molecular flexibility index (Phi) is 6.79. The van der Waals surface area contributed by atoms with Gasteiger partial charge in [0.05, 0.1) is 37.6 Å². The average Bonchev–Trinajstić information content (AvgIpc) is 2.65. The van der Waals surface area contributed by atoms with Gasteiger partial charge in [0.15, 0.2) is 0 Å². The number of hydrogen-bond acceptors (Lipinski definition) is 5. The molecule has 2 aromatic rings. The van der Waals surface area contributed by atoms with Crippen LogP contribution in [0.2, 0.25) is 0 Å². The Bertz CT molecular complexity index is 934. The molecule has 142 valence electrons. The smallest absolute Gasteiger partial charge is 0.232 e. The third-order valence-corrected chi connectivity index (χ3v) is 5.03. The van der Waals surface area contributed by atoms with Crippen molar-refractivity contribution in [2.24, 2.45) is 0 Å². The molecule has 0 aliphatic heterocycles. The number of sulfonamides is 1. The molecule has 0 heterocycles. The van der Waals surface area contributed by atoms with Gasteiger partial charge < -0.3 is 10.1 Å². The van der Waals surface area contributed by atoms with Gasteiger partial charge in [-0.25, -0.2) is 8.42 Å². The Morgan fingerprint density at radius 2 is 1.85 bits per heavy atom. The number of anilines is 1. The molecule has 0 aliphatic carbocycles. The van der Waals surface area contributed by atoms with Crippen LogP contribution < -0.4 is 14.4 Å².